The van der Waals surface area contributed by atoms with E-state index in [0.29, 0.717) is 23.3 Å². The number of piperidine rings is 1. The lowest BCUT2D eigenvalue weighted by atomic mass is 9.82. The molecule has 156 valence electrons. The number of aromatic amines is 1. The maximum Gasteiger partial charge on any atom is 0.251 e. The predicted molar refractivity (Wildman–Crippen MR) is 118 cm³/mol. The van der Waals surface area contributed by atoms with Crippen molar-refractivity contribution in [1.82, 2.24) is 29.4 Å². The number of nitrogen functional groups attached to an aromatic ring is 1. The summed E-state index contributed by atoms with van der Waals surface area (Å²) in [6.07, 6.45) is 6.43. The summed E-state index contributed by atoms with van der Waals surface area (Å²) in [5, 5.41) is 1.18. The van der Waals surface area contributed by atoms with Crippen molar-refractivity contribution in [1.29, 1.82) is 0 Å². The molecule has 1 saturated heterocycles. The highest BCUT2D eigenvalue weighted by atomic mass is 16.1. The number of anilines is 1. The summed E-state index contributed by atoms with van der Waals surface area (Å²) in [5.41, 5.74) is 10.7. The van der Waals surface area contributed by atoms with Crippen LogP contribution in [0.5, 0.6) is 0 Å². The summed E-state index contributed by atoms with van der Waals surface area (Å²) >= 11 is 0. The van der Waals surface area contributed by atoms with E-state index < -0.39 is 0 Å². The molecule has 0 aliphatic carbocycles. The van der Waals surface area contributed by atoms with Crippen LogP contribution in [0, 0.1) is 5.92 Å². The Labute approximate surface area is 178 Å². The van der Waals surface area contributed by atoms with E-state index in [2.05, 4.69) is 43.2 Å². The van der Waals surface area contributed by atoms with Gasteiger partial charge in [0.05, 0.1) is 5.69 Å². The van der Waals surface area contributed by atoms with Gasteiger partial charge in [0.1, 0.15) is 17.8 Å². The molecule has 0 saturated carbocycles. The quantitative estimate of drug-likeness (QED) is 0.534. The van der Waals surface area contributed by atoms with E-state index in [1.807, 2.05) is 16.8 Å². The molecule has 1 fully saturated rings. The zero-order chi connectivity index (χ0) is 20.9. The molecule has 2 atom stereocenters. The molecule has 2 aliphatic rings. The van der Waals surface area contributed by atoms with E-state index >= 15 is 0 Å². The van der Waals surface area contributed by atoms with Crippen molar-refractivity contribution in [3.8, 4) is 11.3 Å². The summed E-state index contributed by atoms with van der Waals surface area (Å²) in [5.74, 6) is 1.20. The number of aromatic nitrogens is 5. The first-order chi connectivity index (χ1) is 15.1. The van der Waals surface area contributed by atoms with Crippen molar-refractivity contribution in [2.75, 3.05) is 18.8 Å². The van der Waals surface area contributed by atoms with Crippen LogP contribution in [-0.4, -0.2) is 42.5 Å². The largest absolute Gasteiger partial charge is 0.384 e. The van der Waals surface area contributed by atoms with E-state index in [1.54, 1.807) is 12.1 Å². The zero-order valence-electron chi connectivity index (χ0n) is 17.0. The highest BCUT2D eigenvalue weighted by Crippen LogP contribution is 2.37. The number of rotatable bonds is 3. The van der Waals surface area contributed by atoms with Crippen LogP contribution in [0.1, 0.15) is 23.6 Å². The highest BCUT2D eigenvalue weighted by Gasteiger charge is 2.35. The molecule has 2 aliphatic heterocycles. The van der Waals surface area contributed by atoms with Crippen molar-refractivity contribution in [3.63, 3.8) is 0 Å². The Bertz CT molecular complexity index is 1340. The Kier molecular flexibility index (Phi) is 4.14. The van der Waals surface area contributed by atoms with Crippen molar-refractivity contribution >= 4 is 16.9 Å². The zero-order valence-corrected chi connectivity index (χ0v) is 17.0. The summed E-state index contributed by atoms with van der Waals surface area (Å²) in [4.78, 5) is 31.4. The third-order valence-electron chi connectivity index (χ3n) is 6.55. The van der Waals surface area contributed by atoms with Gasteiger partial charge >= 0.3 is 0 Å². The van der Waals surface area contributed by atoms with Gasteiger partial charge in [-0.2, -0.15) is 0 Å². The van der Waals surface area contributed by atoms with Gasteiger partial charge in [-0.3, -0.25) is 9.69 Å². The Balaban J connectivity index is 1.32. The minimum atomic E-state index is 0.0375. The minimum Gasteiger partial charge on any atom is -0.384 e. The Morgan fingerprint density at radius 2 is 2.06 bits per heavy atom. The van der Waals surface area contributed by atoms with Crippen molar-refractivity contribution < 1.29 is 0 Å². The van der Waals surface area contributed by atoms with E-state index in [-0.39, 0.29) is 5.56 Å². The average molecular weight is 413 g/mol. The van der Waals surface area contributed by atoms with Gasteiger partial charge in [0, 0.05) is 73.3 Å². The second kappa shape index (κ2) is 7.02. The first-order valence-electron chi connectivity index (χ1n) is 10.6. The first kappa shape index (κ1) is 18.3. The van der Waals surface area contributed by atoms with Gasteiger partial charge in [-0.15, -0.1) is 0 Å². The number of nitrogens with zero attached hydrogens (tertiary/aromatic N) is 5. The SMILES string of the molecule is Nc1cc(-c2cc3n(c(=O)c2)C[C@H]2C[C@@H]3CN(Cc3c[nH]c4ncccc34)C2)ncn1. The molecular weight excluding hydrogens is 390 g/mol. The lowest BCUT2D eigenvalue weighted by Gasteiger charge is -2.43. The second-order valence-corrected chi connectivity index (χ2v) is 8.65. The fraction of sp³-hybridized carbons (Fsp3) is 0.304. The molecule has 31 heavy (non-hydrogen) atoms. The number of likely N-dealkylation sites (tertiary alicyclic amines) is 1. The Morgan fingerprint density at radius 1 is 1.13 bits per heavy atom. The van der Waals surface area contributed by atoms with Crippen LogP contribution in [-0.2, 0) is 13.1 Å². The average Bonchev–Trinajstić information content (AvgIpc) is 3.17. The van der Waals surface area contributed by atoms with Gasteiger partial charge in [0.25, 0.3) is 5.56 Å². The van der Waals surface area contributed by atoms with Crippen LogP contribution in [0.25, 0.3) is 22.3 Å². The van der Waals surface area contributed by atoms with Gasteiger partial charge in [-0.05, 0) is 36.1 Å². The Hall–Kier alpha value is -3.52. The van der Waals surface area contributed by atoms with Gasteiger partial charge in [0.15, 0.2) is 0 Å². The lowest BCUT2D eigenvalue weighted by Crippen LogP contribution is -2.46. The number of hydrogen-bond acceptors (Lipinski definition) is 6. The molecule has 2 bridgehead atoms. The van der Waals surface area contributed by atoms with Gasteiger partial charge in [-0.25, -0.2) is 15.0 Å². The van der Waals surface area contributed by atoms with Gasteiger partial charge in [-0.1, -0.05) is 0 Å². The maximum atomic E-state index is 12.9. The fourth-order valence-electron chi connectivity index (χ4n) is 5.25. The van der Waals surface area contributed by atoms with E-state index in [4.69, 9.17) is 5.73 Å². The number of nitrogens with one attached hydrogen (secondary N) is 1. The van der Waals surface area contributed by atoms with Crippen molar-refractivity contribution in [2.45, 2.75) is 25.4 Å². The lowest BCUT2D eigenvalue weighted by molar-refractivity contribution is 0.115. The van der Waals surface area contributed by atoms with Crippen LogP contribution >= 0.6 is 0 Å². The summed E-state index contributed by atoms with van der Waals surface area (Å²) in [6.45, 7) is 3.58. The van der Waals surface area contributed by atoms with Crippen LogP contribution in [0.15, 0.2) is 53.8 Å². The number of H-pyrrole nitrogens is 1. The standard InChI is InChI=1S/C23H23N7O/c24-21-7-19(27-13-28-21)15-5-20-16-4-14(10-30(20)22(31)6-15)9-29(11-16)12-17-8-26-23-18(17)2-1-3-25-23/h1-3,5-8,13-14,16H,4,9-12H2,(H,25,26)(H2,24,27,28)/t14-,16+/m0/s1. The molecule has 8 heteroatoms. The fourth-order valence-corrected chi connectivity index (χ4v) is 5.25. The molecule has 4 aromatic heterocycles. The first-order valence-corrected chi connectivity index (χ1v) is 10.6. The van der Waals surface area contributed by atoms with E-state index in [0.717, 1.165) is 49.5 Å². The minimum absolute atomic E-state index is 0.0375. The topological polar surface area (TPSA) is 106 Å². The number of fused-ring (bicyclic) bond motifs is 5. The molecule has 6 heterocycles. The predicted octanol–water partition coefficient (Wildman–Crippen LogP) is 2.38. The number of nitrogens with two attached hydrogens (primary N) is 1. The number of pyridine rings is 2. The van der Waals surface area contributed by atoms with E-state index in [9.17, 15) is 4.79 Å². The molecule has 0 unspecified atom stereocenters. The summed E-state index contributed by atoms with van der Waals surface area (Å²) < 4.78 is 1.96. The van der Waals surface area contributed by atoms with Gasteiger partial charge < -0.3 is 15.3 Å². The summed E-state index contributed by atoms with van der Waals surface area (Å²) in [6, 6.07) is 9.60. The number of hydrogen-bond donors (Lipinski definition) is 2. The van der Waals surface area contributed by atoms with Gasteiger partial charge in [0.2, 0.25) is 0 Å². The molecule has 0 amide bonds. The van der Waals surface area contributed by atoms with Crippen LogP contribution in [0.2, 0.25) is 0 Å². The third kappa shape index (κ3) is 3.19. The molecule has 6 rings (SSSR count). The van der Waals surface area contributed by atoms with Crippen molar-refractivity contribution in [3.05, 3.63) is 70.7 Å². The molecule has 4 aromatic rings. The van der Waals surface area contributed by atoms with Crippen LogP contribution in [0.3, 0.4) is 0 Å². The molecule has 0 aromatic carbocycles. The van der Waals surface area contributed by atoms with Crippen LogP contribution < -0.4 is 11.3 Å². The van der Waals surface area contributed by atoms with Crippen LogP contribution in [0.4, 0.5) is 5.82 Å². The smallest absolute Gasteiger partial charge is 0.251 e. The monoisotopic (exact) mass is 413 g/mol. The molecule has 3 N–H and O–H groups in total. The summed E-state index contributed by atoms with van der Waals surface area (Å²) in [7, 11) is 0. The molecular formula is C23H23N7O. The maximum absolute atomic E-state index is 12.9. The second-order valence-electron chi connectivity index (χ2n) is 8.65. The molecule has 0 radical (unpaired) electrons. The van der Waals surface area contributed by atoms with Crippen molar-refractivity contribution in [2.24, 2.45) is 5.92 Å². The Morgan fingerprint density at radius 3 is 2.97 bits per heavy atom. The van der Waals surface area contributed by atoms with E-state index in [1.165, 1.54) is 17.3 Å². The molecule has 8 nitrogen and oxygen atoms in total. The molecule has 0 spiro atoms. The third-order valence-corrected chi connectivity index (χ3v) is 6.55. The highest BCUT2D eigenvalue weighted by molar-refractivity contribution is 5.79. The normalized spacial score (nSPS) is 20.6.